The average molecular weight is 359 g/mol. The predicted octanol–water partition coefficient (Wildman–Crippen LogP) is 1.98. The summed E-state index contributed by atoms with van der Waals surface area (Å²) in [6.45, 7) is 0.0559. The van der Waals surface area contributed by atoms with Crippen molar-refractivity contribution in [1.29, 1.82) is 0 Å². The Bertz CT molecular complexity index is 1020. The minimum Gasteiger partial charge on any atom is -0.338 e. The molecule has 0 spiro atoms. The summed E-state index contributed by atoms with van der Waals surface area (Å²) in [5.74, 6) is -2.56. The molecule has 1 aliphatic rings. The molecule has 1 amide bonds. The van der Waals surface area contributed by atoms with Crippen LogP contribution in [0.3, 0.4) is 0 Å². The van der Waals surface area contributed by atoms with Crippen LogP contribution in [0, 0.1) is 0 Å². The van der Waals surface area contributed by atoms with Gasteiger partial charge >= 0.3 is 0 Å². The van der Waals surface area contributed by atoms with Crippen molar-refractivity contribution in [3.05, 3.63) is 52.7 Å². The standard InChI is InChI=1S/C17H15F2N5O2/c18-17(19)3-5-23(6-4-17)16(26)11-1-2-14(20-8-11)24-13-7-15(25)21-9-12(13)10-22-24/h1-2,7-10H,3-6H2,(H,21,25). The molecule has 9 heteroatoms. The number of hydrogen-bond acceptors (Lipinski definition) is 4. The lowest BCUT2D eigenvalue weighted by molar-refractivity contribution is -0.0494. The minimum absolute atomic E-state index is 0.0279. The van der Waals surface area contributed by atoms with E-state index in [-0.39, 0.29) is 37.4 Å². The van der Waals surface area contributed by atoms with Crippen molar-refractivity contribution in [3.63, 3.8) is 0 Å². The highest BCUT2D eigenvalue weighted by Gasteiger charge is 2.35. The van der Waals surface area contributed by atoms with E-state index in [2.05, 4.69) is 15.1 Å². The molecular weight excluding hydrogens is 344 g/mol. The molecule has 0 atom stereocenters. The third-order valence-corrected chi connectivity index (χ3v) is 4.47. The van der Waals surface area contributed by atoms with Crippen molar-refractivity contribution in [2.45, 2.75) is 18.8 Å². The van der Waals surface area contributed by atoms with Crippen LogP contribution in [-0.2, 0) is 0 Å². The summed E-state index contributed by atoms with van der Waals surface area (Å²) in [4.78, 5) is 32.2. The summed E-state index contributed by atoms with van der Waals surface area (Å²) >= 11 is 0. The first-order valence-electron chi connectivity index (χ1n) is 8.13. The second-order valence-corrected chi connectivity index (χ2v) is 6.25. The molecule has 134 valence electrons. The van der Waals surface area contributed by atoms with Crippen LogP contribution in [0.1, 0.15) is 23.2 Å². The van der Waals surface area contributed by atoms with E-state index in [1.165, 1.54) is 21.8 Å². The second kappa shape index (κ2) is 6.01. The van der Waals surface area contributed by atoms with Crippen LogP contribution in [0.2, 0.25) is 0 Å². The molecule has 1 saturated heterocycles. The maximum Gasteiger partial charge on any atom is 0.255 e. The Kier molecular flexibility index (Phi) is 3.78. The lowest BCUT2D eigenvalue weighted by Crippen LogP contribution is -2.42. The molecule has 0 aromatic carbocycles. The molecular formula is C17H15F2N5O2. The van der Waals surface area contributed by atoms with E-state index < -0.39 is 5.92 Å². The molecule has 3 aromatic rings. The molecule has 0 radical (unpaired) electrons. The normalized spacial score (nSPS) is 16.8. The first-order valence-corrected chi connectivity index (χ1v) is 8.13. The Morgan fingerprint density at radius 2 is 1.96 bits per heavy atom. The van der Waals surface area contributed by atoms with Gasteiger partial charge in [-0.3, -0.25) is 9.59 Å². The van der Waals surface area contributed by atoms with Gasteiger partial charge in [0.1, 0.15) is 0 Å². The van der Waals surface area contributed by atoms with Gasteiger partial charge in [-0.25, -0.2) is 18.4 Å². The van der Waals surface area contributed by atoms with Gasteiger partial charge in [0.05, 0.1) is 17.3 Å². The van der Waals surface area contributed by atoms with Crippen LogP contribution < -0.4 is 5.56 Å². The number of pyridine rings is 2. The van der Waals surface area contributed by atoms with Gasteiger partial charge in [-0.15, -0.1) is 0 Å². The highest BCUT2D eigenvalue weighted by molar-refractivity contribution is 5.94. The fourth-order valence-corrected chi connectivity index (χ4v) is 2.98. The number of piperidine rings is 1. The fraction of sp³-hybridized carbons (Fsp3) is 0.294. The highest BCUT2D eigenvalue weighted by Crippen LogP contribution is 2.28. The van der Waals surface area contributed by atoms with Crippen LogP contribution in [0.5, 0.6) is 0 Å². The number of alkyl halides is 2. The second-order valence-electron chi connectivity index (χ2n) is 6.25. The summed E-state index contributed by atoms with van der Waals surface area (Å²) < 4.78 is 28.0. The van der Waals surface area contributed by atoms with Crippen molar-refractivity contribution < 1.29 is 13.6 Å². The number of aromatic nitrogens is 4. The van der Waals surface area contributed by atoms with Crippen molar-refractivity contribution in [3.8, 4) is 5.82 Å². The molecule has 3 aromatic heterocycles. The van der Waals surface area contributed by atoms with E-state index >= 15 is 0 Å². The summed E-state index contributed by atoms with van der Waals surface area (Å²) in [5, 5.41) is 4.95. The number of nitrogens with zero attached hydrogens (tertiary/aromatic N) is 4. The molecule has 0 bridgehead atoms. The predicted molar refractivity (Wildman–Crippen MR) is 89.6 cm³/mol. The number of amides is 1. The van der Waals surface area contributed by atoms with E-state index in [1.807, 2.05) is 0 Å². The van der Waals surface area contributed by atoms with Gasteiger partial charge in [0.15, 0.2) is 5.82 Å². The average Bonchev–Trinajstić information content (AvgIpc) is 3.04. The van der Waals surface area contributed by atoms with Gasteiger partial charge in [-0.05, 0) is 12.1 Å². The van der Waals surface area contributed by atoms with E-state index in [1.54, 1.807) is 24.5 Å². The quantitative estimate of drug-likeness (QED) is 0.758. The number of nitrogens with one attached hydrogen (secondary N) is 1. The third-order valence-electron chi connectivity index (χ3n) is 4.47. The van der Waals surface area contributed by atoms with E-state index in [4.69, 9.17) is 0 Å². The van der Waals surface area contributed by atoms with Crippen LogP contribution in [0.25, 0.3) is 16.7 Å². The number of carbonyl (C=O) groups excluding carboxylic acids is 1. The van der Waals surface area contributed by atoms with Crippen LogP contribution in [0.4, 0.5) is 8.78 Å². The Hall–Kier alpha value is -3.10. The molecule has 1 fully saturated rings. The fourth-order valence-electron chi connectivity index (χ4n) is 2.98. The lowest BCUT2D eigenvalue weighted by atomic mass is 10.1. The molecule has 1 aliphatic heterocycles. The summed E-state index contributed by atoms with van der Waals surface area (Å²) in [7, 11) is 0. The maximum absolute atomic E-state index is 13.2. The number of aromatic amines is 1. The molecule has 7 nitrogen and oxygen atoms in total. The third kappa shape index (κ3) is 2.96. The van der Waals surface area contributed by atoms with Gasteiger partial charge in [0, 0.05) is 49.8 Å². The van der Waals surface area contributed by atoms with Crippen molar-refractivity contribution in [2.75, 3.05) is 13.1 Å². The molecule has 0 saturated carbocycles. The number of fused-ring (bicyclic) bond motifs is 1. The summed E-state index contributed by atoms with van der Waals surface area (Å²) in [6.07, 6.45) is 3.91. The number of H-pyrrole nitrogens is 1. The van der Waals surface area contributed by atoms with Gasteiger partial charge in [0.25, 0.3) is 11.8 Å². The van der Waals surface area contributed by atoms with Crippen LogP contribution >= 0.6 is 0 Å². The van der Waals surface area contributed by atoms with Gasteiger partial charge in [-0.2, -0.15) is 5.10 Å². The van der Waals surface area contributed by atoms with Crippen molar-refractivity contribution >= 4 is 16.8 Å². The molecule has 4 rings (SSSR count). The van der Waals surface area contributed by atoms with Gasteiger partial charge < -0.3 is 9.88 Å². The topological polar surface area (TPSA) is 83.9 Å². The molecule has 0 aliphatic carbocycles. The SMILES string of the molecule is O=C(c1ccc(-n2ncc3c[nH]c(=O)cc32)nc1)N1CCC(F)(F)CC1. The molecule has 0 unspecified atom stereocenters. The van der Waals surface area contributed by atoms with Gasteiger partial charge in [0.2, 0.25) is 5.56 Å². The van der Waals surface area contributed by atoms with Gasteiger partial charge in [-0.1, -0.05) is 0 Å². The van der Waals surface area contributed by atoms with E-state index in [9.17, 15) is 18.4 Å². The lowest BCUT2D eigenvalue weighted by Gasteiger charge is -2.31. The highest BCUT2D eigenvalue weighted by atomic mass is 19.3. The Morgan fingerprint density at radius 1 is 1.19 bits per heavy atom. The number of rotatable bonds is 2. The Balaban J connectivity index is 1.58. The first kappa shape index (κ1) is 16.4. The van der Waals surface area contributed by atoms with Crippen molar-refractivity contribution in [1.82, 2.24) is 24.6 Å². The molecule has 4 heterocycles. The number of likely N-dealkylation sites (tertiary alicyclic amines) is 1. The van der Waals surface area contributed by atoms with Crippen LogP contribution in [0.15, 0.2) is 41.6 Å². The Labute approximate surface area is 146 Å². The number of hydrogen-bond donors (Lipinski definition) is 1. The summed E-state index contributed by atoms with van der Waals surface area (Å²) in [6, 6.07) is 4.61. The minimum atomic E-state index is -2.70. The number of carbonyl (C=O) groups is 1. The van der Waals surface area contributed by atoms with E-state index in [0.29, 0.717) is 16.9 Å². The monoisotopic (exact) mass is 359 g/mol. The van der Waals surface area contributed by atoms with E-state index in [0.717, 1.165) is 5.39 Å². The molecule has 26 heavy (non-hydrogen) atoms. The maximum atomic E-state index is 13.2. The Morgan fingerprint density at radius 3 is 2.65 bits per heavy atom. The smallest absolute Gasteiger partial charge is 0.255 e. The zero-order valence-corrected chi connectivity index (χ0v) is 13.7. The summed E-state index contributed by atoms with van der Waals surface area (Å²) in [5.41, 5.74) is 0.666. The zero-order valence-electron chi connectivity index (χ0n) is 13.7. The van der Waals surface area contributed by atoms with Crippen molar-refractivity contribution in [2.24, 2.45) is 0 Å². The number of halogens is 2. The largest absolute Gasteiger partial charge is 0.338 e. The van der Waals surface area contributed by atoms with Crippen LogP contribution in [-0.4, -0.2) is 49.6 Å². The first-order chi connectivity index (χ1) is 12.4. The zero-order chi connectivity index (χ0) is 18.3. The molecule has 1 N–H and O–H groups in total.